The number of halogens is 1. The molecule has 4 heteroatoms. The molecule has 1 amide bonds. The van der Waals surface area contributed by atoms with Crippen molar-refractivity contribution in [3.8, 4) is 0 Å². The maximum absolute atomic E-state index is 14.0. The summed E-state index contributed by atoms with van der Waals surface area (Å²) in [5.41, 5.74) is 5.74. The molecule has 0 bridgehead atoms. The molecule has 0 saturated carbocycles. The number of nitrogens with one attached hydrogen (secondary N) is 1. The Hall–Kier alpha value is -1.42. The molecule has 0 atom stereocenters. The molecular formula is C12H15FN2O. The third-order valence-electron chi connectivity index (χ3n) is 3.07. The van der Waals surface area contributed by atoms with Gasteiger partial charge in [0.15, 0.2) is 0 Å². The minimum absolute atomic E-state index is 0.00367. The summed E-state index contributed by atoms with van der Waals surface area (Å²) in [4.78, 5) is 11.0. The maximum Gasteiger partial charge on any atom is 0.251 e. The minimum Gasteiger partial charge on any atom is -0.366 e. The van der Waals surface area contributed by atoms with Crippen LogP contribution in [0.1, 0.15) is 34.7 Å². The van der Waals surface area contributed by atoms with Gasteiger partial charge in [0.2, 0.25) is 0 Å². The van der Waals surface area contributed by atoms with Crippen molar-refractivity contribution < 1.29 is 9.18 Å². The standard InChI is InChI=1S/C12H15FN2O/c13-11-9(8-4-6-15-7-5-8)2-1-3-10(11)12(14)16/h1-3,8,15H,4-7H2,(H2,14,16). The molecule has 1 heterocycles. The van der Waals surface area contributed by atoms with Crippen LogP contribution in [0.5, 0.6) is 0 Å². The fourth-order valence-electron chi connectivity index (χ4n) is 2.19. The fraction of sp³-hybridized carbons (Fsp3) is 0.417. The van der Waals surface area contributed by atoms with Gasteiger partial charge in [-0.1, -0.05) is 12.1 Å². The van der Waals surface area contributed by atoms with E-state index < -0.39 is 11.7 Å². The van der Waals surface area contributed by atoms with Crippen LogP contribution in [0.15, 0.2) is 18.2 Å². The Morgan fingerprint density at radius 1 is 1.38 bits per heavy atom. The van der Waals surface area contributed by atoms with Crippen LogP contribution >= 0.6 is 0 Å². The molecular weight excluding hydrogens is 207 g/mol. The lowest BCUT2D eigenvalue weighted by molar-refractivity contribution is 0.0996. The second kappa shape index (κ2) is 4.61. The third kappa shape index (κ3) is 2.07. The van der Waals surface area contributed by atoms with Gasteiger partial charge in [-0.25, -0.2) is 4.39 Å². The van der Waals surface area contributed by atoms with Gasteiger partial charge < -0.3 is 11.1 Å². The summed E-state index contributed by atoms with van der Waals surface area (Å²) in [6, 6.07) is 4.88. The summed E-state index contributed by atoms with van der Waals surface area (Å²) in [6.45, 7) is 1.79. The highest BCUT2D eigenvalue weighted by Gasteiger charge is 2.21. The van der Waals surface area contributed by atoms with Crippen molar-refractivity contribution in [1.29, 1.82) is 0 Å². The number of carbonyl (C=O) groups excluding carboxylic acids is 1. The lowest BCUT2D eigenvalue weighted by atomic mass is 9.89. The first kappa shape index (κ1) is 11.1. The Labute approximate surface area is 93.8 Å². The first-order valence-corrected chi connectivity index (χ1v) is 5.49. The third-order valence-corrected chi connectivity index (χ3v) is 3.07. The van der Waals surface area contributed by atoms with E-state index in [0.29, 0.717) is 5.56 Å². The van der Waals surface area contributed by atoms with Crippen LogP contribution in [0.4, 0.5) is 4.39 Å². The van der Waals surface area contributed by atoms with E-state index >= 15 is 0 Å². The van der Waals surface area contributed by atoms with Crippen molar-refractivity contribution in [2.24, 2.45) is 5.73 Å². The zero-order chi connectivity index (χ0) is 11.5. The summed E-state index contributed by atoms with van der Waals surface area (Å²) in [7, 11) is 0. The predicted octanol–water partition coefficient (Wildman–Crippen LogP) is 1.39. The summed E-state index contributed by atoms with van der Waals surface area (Å²) >= 11 is 0. The summed E-state index contributed by atoms with van der Waals surface area (Å²) < 4.78 is 14.0. The monoisotopic (exact) mass is 222 g/mol. The average molecular weight is 222 g/mol. The second-order valence-corrected chi connectivity index (χ2v) is 4.10. The van der Waals surface area contributed by atoms with Crippen LogP contribution in [-0.4, -0.2) is 19.0 Å². The minimum atomic E-state index is -0.701. The van der Waals surface area contributed by atoms with E-state index in [4.69, 9.17) is 5.73 Å². The molecule has 0 radical (unpaired) electrons. The maximum atomic E-state index is 14.0. The SMILES string of the molecule is NC(=O)c1cccc(C2CCNCC2)c1F. The number of nitrogens with two attached hydrogens (primary N) is 1. The number of amides is 1. The van der Waals surface area contributed by atoms with Gasteiger partial charge >= 0.3 is 0 Å². The molecule has 1 fully saturated rings. The molecule has 0 spiro atoms. The predicted molar refractivity (Wildman–Crippen MR) is 59.8 cm³/mol. The van der Waals surface area contributed by atoms with Crippen LogP contribution < -0.4 is 11.1 Å². The van der Waals surface area contributed by atoms with Gasteiger partial charge in [-0.2, -0.15) is 0 Å². The van der Waals surface area contributed by atoms with Gasteiger partial charge in [-0.05, 0) is 43.5 Å². The van der Waals surface area contributed by atoms with Crippen molar-refractivity contribution in [3.63, 3.8) is 0 Å². The first-order valence-electron chi connectivity index (χ1n) is 5.49. The molecule has 1 aliphatic heterocycles. The molecule has 1 aromatic carbocycles. The fourth-order valence-corrected chi connectivity index (χ4v) is 2.19. The number of primary amides is 1. The van der Waals surface area contributed by atoms with E-state index in [-0.39, 0.29) is 11.5 Å². The van der Waals surface area contributed by atoms with Crippen molar-refractivity contribution in [2.75, 3.05) is 13.1 Å². The molecule has 1 aliphatic rings. The summed E-state index contributed by atoms with van der Waals surface area (Å²) in [5.74, 6) is -0.948. The molecule has 3 nitrogen and oxygen atoms in total. The number of hydrogen-bond donors (Lipinski definition) is 2. The van der Waals surface area contributed by atoms with E-state index in [1.165, 1.54) is 6.07 Å². The van der Waals surface area contributed by atoms with E-state index in [9.17, 15) is 9.18 Å². The Morgan fingerprint density at radius 3 is 2.69 bits per heavy atom. The highest BCUT2D eigenvalue weighted by Crippen LogP contribution is 2.28. The molecule has 1 aromatic rings. The summed E-state index contributed by atoms with van der Waals surface area (Å²) in [6.07, 6.45) is 1.80. The topological polar surface area (TPSA) is 55.1 Å². The smallest absolute Gasteiger partial charge is 0.251 e. The molecule has 3 N–H and O–H groups in total. The molecule has 86 valence electrons. The Morgan fingerprint density at radius 2 is 2.06 bits per heavy atom. The zero-order valence-corrected chi connectivity index (χ0v) is 9.00. The van der Waals surface area contributed by atoms with Gasteiger partial charge in [-0.15, -0.1) is 0 Å². The van der Waals surface area contributed by atoms with E-state index in [0.717, 1.165) is 25.9 Å². The molecule has 0 unspecified atom stereocenters. The molecule has 0 aromatic heterocycles. The molecule has 1 saturated heterocycles. The van der Waals surface area contributed by atoms with Crippen LogP contribution in [0, 0.1) is 5.82 Å². The second-order valence-electron chi connectivity index (χ2n) is 4.10. The average Bonchev–Trinajstić information content (AvgIpc) is 2.30. The molecule has 2 rings (SSSR count). The van der Waals surface area contributed by atoms with Crippen LogP contribution in [0.25, 0.3) is 0 Å². The van der Waals surface area contributed by atoms with E-state index in [1.807, 2.05) is 0 Å². The number of carbonyl (C=O) groups is 1. The number of benzene rings is 1. The van der Waals surface area contributed by atoms with Gasteiger partial charge in [0.1, 0.15) is 5.82 Å². The highest BCUT2D eigenvalue weighted by molar-refractivity contribution is 5.93. The number of piperidine rings is 1. The normalized spacial score (nSPS) is 17.3. The van der Waals surface area contributed by atoms with Crippen molar-refractivity contribution >= 4 is 5.91 Å². The van der Waals surface area contributed by atoms with Crippen LogP contribution in [0.3, 0.4) is 0 Å². The van der Waals surface area contributed by atoms with Gasteiger partial charge in [0.25, 0.3) is 5.91 Å². The van der Waals surface area contributed by atoms with E-state index in [1.54, 1.807) is 12.1 Å². The Kier molecular flexibility index (Phi) is 3.19. The largest absolute Gasteiger partial charge is 0.366 e. The molecule has 0 aliphatic carbocycles. The summed E-state index contributed by atoms with van der Waals surface area (Å²) in [5, 5.41) is 3.23. The quantitative estimate of drug-likeness (QED) is 0.794. The number of hydrogen-bond acceptors (Lipinski definition) is 2. The lowest BCUT2D eigenvalue weighted by Crippen LogP contribution is -2.27. The van der Waals surface area contributed by atoms with Gasteiger partial charge in [-0.3, -0.25) is 4.79 Å². The van der Waals surface area contributed by atoms with Gasteiger partial charge in [0.05, 0.1) is 5.56 Å². The van der Waals surface area contributed by atoms with Crippen LogP contribution in [0.2, 0.25) is 0 Å². The Bertz CT molecular complexity index is 400. The van der Waals surface area contributed by atoms with E-state index in [2.05, 4.69) is 5.32 Å². The number of rotatable bonds is 2. The zero-order valence-electron chi connectivity index (χ0n) is 9.00. The highest BCUT2D eigenvalue weighted by atomic mass is 19.1. The molecule has 16 heavy (non-hydrogen) atoms. The van der Waals surface area contributed by atoms with Crippen LogP contribution in [-0.2, 0) is 0 Å². The Balaban J connectivity index is 2.33. The lowest BCUT2D eigenvalue weighted by Gasteiger charge is -2.23. The van der Waals surface area contributed by atoms with Crippen molar-refractivity contribution in [1.82, 2.24) is 5.32 Å². The van der Waals surface area contributed by atoms with Crippen molar-refractivity contribution in [3.05, 3.63) is 35.1 Å². The van der Waals surface area contributed by atoms with Crippen molar-refractivity contribution in [2.45, 2.75) is 18.8 Å². The van der Waals surface area contributed by atoms with Gasteiger partial charge in [0, 0.05) is 0 Å². The first-order chi connectivity index (χ1) is 7.70.